The molecule has 1 aromatic rings. The van der Waals surface area contributed by atoms with Crippen LogP contribution < -0.4 is 10.5 Å². The predicted molar refractivity (Wildman–Crippen MR) is 86.5 cm³/mol. The van der Waals surface area contributed by atoms with Crippen LogP contribution in [0.15, 0.2) is 24.3 Å². The van der Waals surface area contributed by atoms with Crippen molar-refractivity contribution in [3.8, 4) is 5.75 Å². The number of nitrogens with two attached hydrogens (primary N) is 1. The smallest absolute Gasteiger partial charge is 0.255 e. The minimum Gasteiger partial charge on any atom is -0.484 e. The number of nitrogens with zero attached hydrogens (tertiary/aromatic N) is 1. The van der Waals surface area contributed by atoms with E-state index in [1.54, 1.807) is 0 Å². The molecule has 0 spiro atoms. The fourth-order valence-electron chi connectivity index (χ4n) is 4.17. The van der Waals surface area contributed by atoms with E-state index >= 15 is 0 Å². The van der Waals surface area contributed by atoms with E-state index in [1.165, 1.54) is 37.7 Å². The van der Waals surface area contributed by atoms with Crippen LogP contribution in [-0.2, 0) is 11.3 Å². The Morgan fingerprint density at radius 1 is 1.36 bits per heavy atom. The zero-order valence-electron chi connectivity index (χ0n) is 13.3. The van der Waals surface area contributed by atoms with Gasteiger partial charge in [0.05, 0.1) is 0 Å². The molecule has 1 heterocycles. The Morgan fingerprint density at radius 3 is 3.00 bits per heavy atom. The maximum absolute atomic E-state index is 10.8. The van der Waals surface area contributed by atoms with Crippen LogP contribution in [0.3, 0.4) is 0 Å². The molecule has 2 aliphatic rings. The summed E-state index contributed by atoms with van der Waals surface area (Å²) in [5.74, 6) is 1.17. The van der Waals surface area contributed by atoms with Crippen molar-refractivity contribution in [2.24, 2.45) is 11.7 Å². The van der Waals surface area contributed by atoms with Crippen LogP contribution in [0.4, 0.5) is 0 Å². The summed E-state index contributed by atoms with van der Waals surface area (Å²) in [7, 11) is 0. The molecule has 0 unspecified atom stereocenters. The molecule has 0 bridgehead atoms. The van der Waals surface area contributed by atoms with Gasteiger partial charge in [-0.2, -0.15) is 0 Å². The molecule has 3 rings (SSSR count). The number of benzene rings is 1. The number of hydrogen-bond donors (Lipinski definition) is 1. The summed E-state index contributed by atoms with van der Waals surface area (Å²) in [6.07, 6.45) is 6.84. The monoisotopic (exact) mass is 302 g/mol. The van der Waals surface area contributed by atoms with Crippen LogP contribution in [0.2, 0.25) is 0 Å². The summed E-state index contributed by atoms with van der Waals surface area (Å²) >= 11 is 0. The van der Waals surface area contributed by atoms with Gasteiger partial charge in [-0.1, -0.05) is 25.0 Å². The number of carbonyl (C=O) groups excluding carboxylic acids is 1. The van der Waals surface area contributed by atoms with Crippen molar-refractivity contribution < 1.29 is 9.53 Å². The third-order valence-corrected chi connectivity index (χ3v) is 5.15. The summed E-state index contributed by atoms with van der Waals surface area (Å²) in [4.78, 5) is 13.5. The number of fused-ring (bicyclic) bond motifs is 1. The fraction of sp³-hybridized carbons (Fsp3) is 0.611. The Bertz CT molecular complexity index is 532. The number of hydrogen-bond acceptors (Lipinski definition) is 3. The SMILES string of the molecule is C[C@@H]1C[C@@H]2CCCC[C@@H]2N1Cc1cccc(OCC(N)=O)c1. The molecule has 1 aromatic carbocycles. The first-order valence-corrected chi connectivity index (χ1v) is 8.39. The minimum atomic E-state index is -0.441. The molecular weight excluding hydrogens is 276 g/mol. The van der Waals surface area contributed by atoms with E-state index in [1.807, 2.05) is 18.2 Å². The molecule has 0 radical (unpaired) electrons. The molecule has 1 saturated carbocycles. The maximum atomic E-state index is 10.8. The minimum absolute atomic E-state index is 0.0612. The Labute approximate surface area is 132 Å². The van der Waals surface area contributed by atoms with E-state index in [9.17, 15) is 4.79 Å². The molecule has 0 aromatic heterocycles. The molecular formula is C18H26N2O2. The fourth-order valence-corrected chi connectivity index (χ4v) is 4.17. The molecule has 1 amide bonds. The second-order valence-corrected chi connectivity index (χ2v) is 6.77. The van der Waals surface area contributed by atoms with Gasteiger partial charge in [0.15, 0.2) is 6.61 Å². The molecule has 22 heavy (non-hydrogen) atoms. The van der Waals surface area contributed by atoms with Gasteiger partial charge in [0.1, 0.15) is 5.75 Å². The van der Waals surface area contributed by atoms with Gasteiger partial charge in [-0.15, -0.1) is 0 Å². The second-order valence-electron chi connectivity index (χ2n) is 6.77. The van der Waals surface area contributed by atoms with Gasteiger partial charge >= 0.3 is 0 Å². The quantitative estimate of drug-likeness (QED) is 0.910. The average Bonchev–Trinajstić information content (AvgIpc) is 2.82. The molecule has 1 saturated heterocycles. The van der Waals surface area contributed by atoms with Gasteiger partial charge in [0.25, 0.3) is 5.91 Å². The molecule has 2 N–H and O–H groups in total. The van der Waals surface area contributed by atoms with Gasteiger partial charge < -0.3 is 10.5 Å². The summed E-state index contributed by atoms with van der Waals surface area (Å²) < 4.78 is 5.41. The molecule has 2 fully saturated rings. The van der Waals surface area contributed by atoms with Crippen molar-refractivity contribution in [2.75, 3.05) is 6.61 Å². The van der Waals surface area contributed by atoms with Crippen LogP contribution in [0.5, 0.6) is 5.75 Å². The molecule has 1 aliphatic heterocycles. The number of likely N-dealkylation sites (tertiary alicyclic amines) is 1. The zero-order chi connectivity index (χ0) is 15.5. The van der Waals surface area contributed by atoms with Crippen molar-refractivity contribution in [3.63, 3.8) is 0 Å². The van der Waals surface area contributed by atoms with Crippen LogP contribution in [0.25, 0.3) is 0 Å². The van der Waals surface area contributed by atoms with Crippen LogP contribution in [0.1, 0.15) is 44.6 Å². The van der Waals surface area contributed by atoms with Crippen LogP contribution in [-0.4, -0.2) is 29.5 Å². The molecule has 4 nitrogen and oxygen atoms in total. The first-order chi connectivity index (χ1) is 10.6. The lowest BCUT2D eigenvalue weighted by Gasteiger charge is -2.33. The number of amides is 1. The second kappa shape index (κ2) is 6.69. The van der Waals surface area contributed by atoms with Crippen molar-refractivity contribution >= 4 is 5.91 Å². The van der Waals surface area contributed by atoms with Crippen LogP contribution in [0, 0.1) is 5.92 Å². The Hall–Kier alpha value is -1.55. The van der Waals surface area contributed by atoms with E-state index < -0.39 is 5.91 Å². The maximum Gasteiger partial charge on any atom is 0.255 e. The highest BCUT2D eigenvalue weighted by molar-refractivity contribution is 5.75. The van der Waals surface area contributed by atoms with Crippen molar-refractivity contribution in [3.05, 3.63) is 29.8 Å². The Morgan fingerprint density at radius 2 is 2.18 bits per heavy atom. The van der Waals surface area contributed by atoms with E-state index in [-0.39, 0.29) is 6.61 Å². The lowest BCUT2D eigenvalue weighted by Crippen LogP contribution is -2.37. The third-order valence-electron chi connectivity index (χ3n) is 5.15. The average molecular weight is 302 g/mol. The molecule has 1 aliphatic carbocycles. The summed E-state index contributed by atoms with van der Waals surface area (Å²) in [5, 5.41) is 0. The van der Waals surface area contributed by atoms with E-state index in [0.29, 0.717) is 6.04 Å². The van der Waals surface area contributed by atoms with E-state index in [2.05, 4.69) is 17.9 Å². The number of ether oxygens (including phenoxy) is 1. The largest absolute Gasteiger partial charge is 0.484 e. The lowest BCUT2D eigenvalue weighted by molar-refractivity contribution is -0.119. The number of rotatable bonds is 5. The van der Waals surface area contributed by atoms with Gasteiger partial charge in [-0.25, -0.2) is 0 Å². The van der Waals surface area contributed by atoms with E-state index in [0.717, 1.165) is 24.3 Å². The number of carbonyl (C=O) groups is 1. The van der Waals surface area contributed by atoms with Gasteiger partial charge in [0, 0.05) is 18.6 Å². The van der Waals surface area contributed by atoms with Crippen LogP contribution >= 0.6 is 0 Å². The molecule has 120 valence electrons. The highest BCUT2D eigenvalue weighted by atomic mass is 16.5. The van der Waals surface area contributed by atoms with Gasteiger partial charge in [-0.05, 0) is 49.8 Å². The van der Waals surface area contributed by atoms with E-state index in [4.69, 9.17) is 10.5 Å². The van der Waals surface area contributed by atoms with Crippen molar-refractivity contribution in [1.29, 1.82) is 0 Å². The standard InChI is InChI=1S/C18H26N2O2/c1-13-9-15-6-2-3-8-17(15)20(13)11-14-5-4-7-16(10-14)22-12-18(19)21/h4-5,7,10,13,15,17H,2-3,6,8-9,11-12H2,1H3,(H2,19,21)/t13-,15+,17+/m1/s1. The third kappa shape index (κ3) is 3.43. The van der Waals surface area contributed by atoms with Gasteiger partial charge in [0.2, 0.25) is 0 Å². The van der Waals surface area contributed by atoms with Gasteiger partial charge in [-0.3, -0.25) is 9.69 Å². The van der Waals surface area contributed by atoms with Crippen molar-refractivity contribution in [2.45, 2.75) is 57.7 Å². The highest BCUT2D eigenvalue weighted by Gasteiger charge is 2.39. The first-order valence-electron chi connectivity index (χ1n) is 8.39. The lowest BCUT2D eigenvalue weighted by atomic mass is 9.85. The normalized spacial score (nSPS) is 28.3. The Balaban J connectivity index is 1.67. The summed E-state index contributed by atoms with van der Waals surface area (Å²) in [6, 6.07) is 9.45. The Kier molecular flexibility index (Phi) is 4.67. The topological polar surface area (TPSA) is 55.6 Å². The van der Waals surface area contributed by atoms with Crippen molar-refractivity contribution in [1.82, 2.24) is 4.90 Å². The number of primary amides is 1. The predicted octanol–water partition coefficient (Wildman–Crippen LogP) is 2.70. The summed E-state index contributed by atoms with van der Waals surface area (Å²) in [6.45, 7) is 3.26. The first kappa shape index (κ1) is 15.3. The highest BCUT2D eigenvalue weighted by Crippen LogP contribution is 2.40. The summed E-state index contributed by atoms with van der Waals surface area (Å²) in [5.41, 5.74) is 6.38. The zero-order valence-corrected chi connectivity index (χ0v) is 13.3. The molecule has 4 heteroatoms. The molecule has 3 atom stereocenters.